The molecule has 0 spiro atoms. The fourth-order valence-corrected chi connectivity index (χ4v) is 3.14. The summed E-state index contributed by atoms with van der Waals surface area (Å²) in [5, 5.41) is 5.85. The molecule has 6 nitrogen and oxygen atoms in total. The molecule has 2 aliphatic rings. The number of aromatic nitrogens is 2. The maximum Gasteiger partial charge on any atom is 0.319 e. The minimum atomic E-state index is -0.221. The quantitative estimate of drug-likeness (QED) is 0.896. The van der Waals surface area contributed by atoms with Gasteiger partial charge in [-0.3, -0.25) is 0 Å². The van der Waals surface area contributed by atoms with Gasteiger partial charge in [0, 0.05) is 18.6 Å². The van der Waals surface area contributed by atoms with E-state index in [9.17, 15) is 4.79 Å². The lowest BCUT2D eigenvalue weighted by Gasteiger charge is -2.30. The van der Waals surface area contributed by atoms with Crippen LogP contribution < -0.4 is 10.6 Å². The van der Waals surface area contributed by atoms with Crippen molar-refractivity contribution in [2.45, 2.75) is 43.7 Å². The summed E-state index contributed by atoms with van der Waals surface area (Å²) in [6.45, 7) is 0.643. The van der Waals surface area contributed by atoms with Gasteiger partial charge in [0.2, 0.25) is 0 Å². The number of amides is 2. The van der Waals surface area contributed by atoms with Gasteiger partial charge in [-0.05, 0) is 31.2 Å². The minimum absolute atomic E-state index is 0.0291. The van der Waals surface area contributed by atoms with Crippen molar-refractivity contribution < 1.29 is 9.53 Å². The zero-order valence-electron chi connectivity index (χ0n) is 14.0. The first-order valence-electron chi connectivity index (χ1n) is 8.84. The van der Waals surface area contributed by atoms with Gasteiger partial charge in [-0.15, -0.1) is 0 Å². The second-order valence-electron chi connectivity index (χ2n) is 6.69. The van der Waals surface area contributed by atoms with Gasteiger partial charge in [0.05, 0.1) is 24.2 Å². The fraction of sp³-hybridized carbons (Fsp3) is 0.421. The van der Waals surface area contributed by atoms with Crippen molar-refractivity contribution in [2.75, 3.05) is 11.9 Å². The number of nitrogens with zero attached hydrogens (tertiary/aromatic N) is 2. The number of rotatable bonds is 4. The molecule has 1 saturated carbocycles. The van der Waals surface area contributed by atoms with Crippen LogP contribution in [-0.4, -0.2) is 28.6 Å². The number of benzene rings is 1. The number of urea groups is 1. The van der Waals surface area contributed by atoms with Crippen molar-refractivity contribution in [2.24, 2.45) is 0 Å². The first kappa shape index (κ1) is 16.0. The summed E-state index contributed by atoms with van der Waals surface area (Å²) in [7, 11) is 0. The highest BCUT2D eigenvalue weighted by Crippen LogP contribution is 2.37. The van der Waals surface area contributed by atoms with E-state index in [1.807, 2.05) is 18.2 Å². The summed E-state index contributed by atoms with van der Waals surface area (Å²) in [6, 6.07) is 10.00. The topological polar surface area (TPSA) is 76.1 Å². The number of nitrogens with one attached hydrogen (secondary N) is 2. The van der Waals surface area contributed by atoms with E-state index in [0.29, 0.717) is 18.2 Å². The summed E-state index contributed by atoms with van der Waals surface area (Å²) < 4.78 is 5.84. The van der Waals surface area contributed by atoms with Crippen LogP contribution in [-0.2, 0) is 4.74 Å². The smallest absolute Gasteiger partial charge is 0.319 e. The predicted octanol–water partition coefficient (Wildman–Crippen LogP) is 3.40. The molecular weight excluding hydrogens is 316 g/mol. The molecule has 2 heterocycles. The first-order valence-corrected chi connectivity index (χ1v) is 8.84. The highest BCUT2D eigenvalue weighted by Gasteiger charge is 2.27. The number of hydrogen-bond donors (Lipinski definition) is 2. The summed E-state index contributed by atoms with van der Waals surface area (Å²) in [5.41, 5.74) is 1.77. The van der Waals surface area contributed by atoms with E-state index >= 15 is 0 Å². The fourth-order valence-electron chi connectivity index (χ4n) is 3.14. The minimum Gasteiger partial charge on any atom is -0.373 e. The van der Waals surface area contributed by atoms with Crippen LogP contribution >= 0.6 is 0 Å². The second-order valence-corrected chi connectivity index (χ2v) is 6.69. The molecule has 2 amide bonds. The van der Waals surface area contributed by atoms with Gasteiger partial charge in [0.25, 0.3) is 0 Å². The first-order chi connectivity index (χ1) is 12.3. The van der Waals surface area contributed by atoms with Crippen molar-refractivity contribution >= 4 is 11.7 Å². The molecule has 2 atom stereocenters. The summed E-state index contributed by atoms with van der Waals surface area (Å²) in [4.78, 5) is 20.9. The van der Waals surface area contributed by atoms with E-state index in [-0.39, 0.29) is 18.2 Å². The standard InChI is InChI=1S/C19H22N4O2/c24-19(23-16-11-20-18(21-12-16)14-6-7-14)22-15-8-9-25-17(10-15)13-4-2-1-3-5-13/h1-5,11-12,14-15,17H,6-10H2,(H2,22,23,24)/t15-,17-/m0/s1. The zero-order valence-corrected chi connectivity index (χ0v) is 14.0. The third kappa shape index (κ3) is 4.14. The van der Waals surface area contributed by atoms with Crippen LogP contribution in [0.2, 0.25) is 0 Å². The maximum atomic E-state index is 12.2. The Morgan fingerprint density at radius 3 is 2.56 bits per heavy atom. The van der Waals surface area contributed by atoms with Crippen molar-refractivity contribution in [1.82, 2.24) is 15.3 Å². The SMILES string of the molecule is O=C(Nc1cnc(C2CC2)nc1)N[C@H]1CCO[C@H](c2ccccc2)C1. The van der Waals surface area contributed by atoms with E-state index < -0.39 is 0 Å². The van der Waals surface area contributed by atoms with Gasteiger partial charge in [0.1, 0.15) is 5.82 Å². The van der Waals surface area contributed by atoms with Crippen molar-refractivity contribution in [3.05, 3.63) is 54.1 Å². The number of hydrogen-bond acceptors (Lipinski definition) is 4. The molecular formula is C19H22N4O2. The van der Waals surface area contributed by atoms with E-state index in [4.69, 9.17) is 4.74 Å². The molecule has 1 saturated heterocycles. The predicted molar refractivity (Wildman–Crippen MR) is 94.3 cm³/mol. The van der Waals surface area contributed by atoms with Crippen LogP contribution in [0, 0.1) is 0 Å². The van der Waals surface area contributed by atoms with Crippen molar-refractivity contribution in [3.63, 3.8) is 0 Å². The van der Waals surface area contributed by atoms with Gasteiger partial charge in [0.15, 0.2) is 0 Å². The van der Waals surface area contributed by atoms with Gasteiger partial charge < -0.3 is 15.4 Å². The summed E-state index contributed by atoms with van der Waals surface area (Å²) >= 11 is 0. The Labute approximate surface area is 147 Å². The molecule has 0 bridgehead atoms. The lowest BCUT2D eigenvalue weighted by molar-refractivity contribution is 0.00254. The third-order valence-corrected chi connectivity index (χ3v) is 4.66. The number of ether oxygens (including phenoxy) is 1. The van der Waals surface area contributed by atoms with Gasteiger partial charge >= 0.3 is 6.03 Å². The van der Waals surface area contributed by atoms with E-state index in [1.54, 1.807) is 12.4 Å². The highest BCUT2D eigenvalue weighted by atomic mass is 16.5. The lowest BCUT2D eigenvalue weighted by Crippen LogP contribution is -2.42. The molecule has 6 heteroatoms. The third-order valence-electron chi connectivity index (χ3n) is 4.66. The molecule has 2 N–H and O–H groups in total. The highest BCUT2D eigenvalue weighted by molar-refractivity contribution is 5.89. The summed E-state index contributed by atoms with van der Waals surface area (Å²) in [6.07, 6.45) is 7.30. The maximum absolute atomic E-state index is 12.2. The average molecular weight is 338 g/mol. The zero-order chi connectivity index (χ0) is 17.1. The Morgan fingerprint density at radius 2 is 1.84 bits per heavy atom. The second kappa shape index (κ2) is 7.19. The molecule has 130 valence electrons. The van der Waals surface area contributed by atoms with E-state index in [0.717, 1.165) is 24.2 Å². The van der Waals surface area contributed by atoms with Gasteiger partial charge in [-0.25, -0.2) is 14.8 Å². The van der Waals surface area contributed by atoms with E-state index in [1.165, 1.54) is 12.8 Å². The largest absolute Gasteiger partial charge is 0.373 e. The van der Waals surface area contributed by atoms with Crippen molar-refractivity contribution in [3.8, 4) is 0 Å². The molecule has 1 aliphatic carbocycles. The Bertz CT molecular complexity index is 716. The normalized spacial score (nSPS) is 23.0. The van der Waals surface area contributed by atoms with Crippen LogP contribution in [0.3, 0.4) is 0 Å². The molecule has 1 aromatic carbocycles. The molecule has 2 aromatic rings. The lowest BCUT2D eigenvalue weighted by atomic mass is 9.97. The summed E-state index contributed by atoms with van der Waals surface area (Å²) in [5.74, 6) is 1.39. The van der Waals surface area contributed by atoms with Gasteiger partial charge in [-0.2, -0.15) is 0 Å². The average Bonchev–Trinajstić information content (AvgIpc) is 3.48. The Hall–Kier alpha value is -2.47. The Balaban J connectivity index is 1.31. The Morgan fingerprint density at radius 1 is 1.08 bits per heavy atom. The van der Waals surface area contributed by atoms with E-state index in [2.05, 4.69) is 32.7 Å². The van der Waals surface area contributed by atoms with Crippen LogP contribution in [0.25, 0.3) is 0 Å². The molecule has 2 fully saturated rings. The molecule has 1 aliphatic heterocycles. The Kier molecular flexibility index (Phi) is 4.61. The molecule has 1 aromatic heterocycles. The number of anilines is 1. The molecule has 4 rings (SSSR count). The molecule has 0 radical (unpaired) electrons. The van der Waals surface area contributed by atoms with Crippen LogP contribution in [0.1, 0.15) is 49.1 Å². The van der Waals surface area contributed by atoms with Crippen LogP contribution in [0.15, 0.2) is 42.7 Å². The molecule has 25 heavy (non-hydrogen) atoms. The van der Waals surface area contributed by atoms with Crippen LogP contribution in [0.5, 0.6) is 0 Å². The number of carbonyl (C=O) groups excluding carboxylic acids is 1. The van der Waals surface area contributed by atoms with Crippen molar-refractivity contribution in [1.29, 1.82) is 0 Å². The van der Waals surface area contributed by atoms with Gasteiger partial charge in [-0.1, -0.05) is 30.3 Å². The monoisotopic (exact) mass is 338 g/mol. The van der Waals surface area contributed by atoms with Crippen LogP contribution in [0.4, 0.5) is 10.5 Å². The molecule has 0 unspecified atom stereocenters. The number of carbonyl (C=O) groups is 1.